The van der Waals surface area contributed by atoms with Gasteiger partial charge < -0.3 is 15.5 Å². The van der Waals surface area contributed by atoms with Gasteiger partial charge in [0.2, 0.25) is 5.95 Å². The van der Waals surface area contributed by atoms with Crippen molar-refractivity contribution < 1.29 is 13.2 Å². The molecule has 0 aliphatic carbocycles. The first-order valence-corrected chi connectivity index (χ1v) is 12.0. The highest BCUT2D eigenvalue weighted by molar-refractivity contribution is 6.33. The first kappa shape index (κ1) is 25.5. The highest BCUT2D eigenvalue weighted by Crippen LogP contribution is 2.37. The number of nitrogens with one attached hydrogen (secondary N) is 3. The van der Waals surface area contributed by atoms with Crippen LogP contribution in [-0.2, 0) is 0 Å². The van der Waals surface area contributed by atoms with Gasteiger partial charge in [0, 0.05) is 29.0 Å². The fourth-order valence-corrected chi connectivity index (χ4v) is 4.60. The zero-order valence-electron chi connectivity index (χ0n) is 19.3. The number of hydrogen-bond acceptors (Lipinski definition) is 6. The van der Waals surface area contributed by atoms with Gasteiger partial charge in [-0.1, -0.05) is 29.3 Å². The van der Waals surface area contributed by atoms with Gasteiger partial charge in [0.1, 0.15) is 5.02 Å². The van der Waals surface area contributed by atoms with Gasteiger partial charge in [-0.2, -0.15) is 23.3 Å². The third kappa shape index (κ3) is 6.77. The number of benzene rings is 1. The van der Waals surface area contributed by atoms with Crippen molar-refractivity contribution in [3.8, 4) is 0 Å². The Labute approximate surface area is 211 Å². The molecule has 1 aromatic carbocycles. The number of halogens is 5. The summed E-state index contributed by atoms with van der Waals surface area (Å²) in [6.45, 7) is 5.14. The number of rotatable bonds is 7. The minimum atomic E-state index is -4.12. The van der Waals surface area contributed by atoms with E-state index in [1.807, 2.05) is 36.9 Å². The van der Waals surface area contributed by atoms with Crippen LogP contribution < -0.4 is 10.6 Å². The lowest BCUT2D eigenvalue weighted by molar-refractivity contribution is -0.138. The molecule has 1 fully saturated rings. The summed E-state index contributed by atoms with van der Waals surface area (Å²) in [5.41, 5.74) is 3.62. The molecule has 3 N–H and O–H groups in total. The van der Waals surface area contributed by atoms with E-state index in [1.165, 1.54) is 6.20 Å². The van der Waals surface area contributed by atoms with Crippen LogP contribution in [0.5, 0.6) is 0 Å². The molecule has 0 unspecified atom stereocenters. The quantitative estimate of drug-likeness (QED) is 0.315. The van der Waals surface area contributed by atoms with E-state index in [1.54, 1.807) is 0 Å². The number of likely N-dealkylation sites (tertiary alicyclic amines) is 1. The van der Waals surface area contributed by atoms with Crippen molar-refractivity contribution in [3.05, 3.63) is 51.3 Å². The number of nitrogens with zero attached hydrogens (tertiary/aromatic N) is 4. The van der Waals surface area contributed by atoms with Crippen molar-refractivity contribution in [2.45, 2.75) is 45.2 Å². The summed E-state index contributed by atoms with van der Waals surface area (Å²) in [5, 5.41) is 14.2. The molecule has 0 spiro atoms. The molecule has 0 saturated carbocycles. The second-order valence-corrected chi connectivity index (χ2v) is 9.56. The SMILES string of the molecule is Cc1cc(Nc2nc(Nc3cc(Cl)c(C4CCN(CCC(F)(F)F)CC4)cc3C)ncc2Cl)n[nH]1. The van der Waals surface area contributed by atoms with Crippen molar-refractivity contribution in [1.82, 2.24) is 25.1 Å². The normalized spacial score (nSPS) is 15.4. The maximum Gasteiger partial charge on any atom is 0.390 e. The molecule has 1 saturated heterocycles. The lowest BCUT2D eigenvalue weighted by atomic mass is 9.88. The predicted octanol–water partition coefficient (Wildman–Crippen LogP) is 6.74. The molecule has 1 aliphatic heterocycles. The van der Waals surface area contributed by atoms with Gasteiger partial charge >= 0.3 is 6.18 Å². The Morgan fingerprint density at radius 1 is 1.09 bits per heavy atom. The minimum Gasteiger partial charge on any atom is -0.324 e. The first-order valence-electron chi connectivity index (χ1n) is 11.2. The second kappa shape index (κ2) is 10.6. The molecule has 3 aromatic rings. The highest BCUT2D eigenvalue weighted by Gasteiger charge is 2.29. The second-order valence-electron chi connectivity index (χ2n) is 8.75. The third-order valence-electron chi connectivity index (χ3n) is 6.03. The van der Waals surface area contributed by atoms with Crippen LogP contribution in [0, 0.1) is 13.8 Å². The number of H-pyrrole nitrogens is 1. The van der Waals surface area contributed by atoms with Gasteiger partial charge in [0.25, 0.3) is 0 Å². The molecule has 12 heteroatoms. The molecule has 1 aliphatic rings. The fourth-order valence-electron chi connectivity index (χ4n) is 4.14. The number of hydrogen-bond donors (Lipinski definition) is 3. The Hall–Kier alpha value is -2.56. The third-order valence-corrected chi connectivity index (χ3v) is 6.63. The van der Waals surface area contributed by atoms with E-state index in [0.717, 1.165) is 35.3 Å². The molecule has 0 radical (unpaired) electrons. The van der Waals surface area contributed by atoms with E-state index in [2.05, 4.69) is 30.8 Å². The smallest absolute Gasteiger partial charge is 0.324 e. The Morgan fingerprint density at radius 2 is 1.83 bits per heavy atom. The van der Waals surface area contributed by atoms with Crippen LogP contribution in [0.25, 0.3) is 0 Å². The highest BCUT2D eigenvalue weighted by atomic mass is 35.5. The van der Waals surface area contributed by atoms with Crippen LogP contribution in [0.2, 0.25) is 10.0 Å². The fraction of sp³-hybridized carbons (Fsp3) is 0.435. The summed E-state index contributed by atoms with van der Waals surface area (Å²) < 4.78 is 37.5. The van der Waals surface area contributed by atoms with Crippen molar-refractivity contribution in [1.29, 1.82) is 0 Å². The molecule has 0 bridgehead atoms. The van der Waals surface area contributed by atoms with E-state index >= 15 is 0 Å². The number of aromatic nitrogens is 4. The summed E-state index contributed by atoms with van der Waals surface area (Å²) in [6.07, 6.45) is -1.86. The summed E-state index contributed by atoms with van der Waals surface area (Å²) in [4.78, 5) is 10.6. The lowest BCUT2D eigenvalue weighted by Crippen LogP contribution is -2.35. The molecule has 7 nitrogen and oxygen atoms in total. The molecule has 35 heavy (non-hydrogen) atoms. The van der Waals surface area contributed by atoms with Crippen molar-refractivity contribution in [2.75, 3.05) is 30.3 Å². The number of alkyl halides is 3. The van der Waals surface area contributed by atoms with Gasteiger partial charge in [-0.25, -0.2) is 4.98 Å². The summed E-state index contributed by atoms with van der Waals surface area (Å²) >= 11 is 12.9. The van der Waals surface area contributed by atoms with Gasteiger partial charge in [0.05, 0.1) is 12.6 Å². The monoisotopic (exact) mass is 527 g/mol. The van der Waals surface area contributed by atoms with Crippen molar-refractivity contribution in [3.63, 3.8) is 0 Å². The zero-order chi connectivity index (χ0) is 25.2. The summed E-state index contributed by atoms with van der Waals surface area (Å²) in [5.74, 6) is 1.54. The zero-order valence-corrected chi connectivity index (χ0v) is 20.8. The van der Waals surface area contributed by atoms with Gasteiger partial charge in [0.15, 0.2) is 11.6 Å². The summed E-state index contributed by atoms with van der Waals surface area (Å²) in [6, 6.07) is 5.70. The predicted molar refractivity (Wildman–Crippen MR) is 132 cm³/mol. The van der Waals surface area contributed by atoms with Crippen LogP contribution in [0.15, 0.2) is 24.4 Å². The van der Waals surface area contributed by atoms with Crippen LogP contribution in [0.4, 0.5) is 36.4 Å². The minimum absolute atomic E-state index is 0.0452. The van der Waals surface area contributed by atoms with Gasteiger partial charge in [-0.15, -0.1) is 0 Å². The molecule has 0 atom stereocenters. The molecule has 188 valence electrons. The Balaban J connectivity index is 1.43. The molecular weight excluding hydrogens is 502 g/mol. The Bertz CT molecular complexity index is 1170. The molecule has 2 aromatic heterocycles. The molecule has 0 amide bonds. The maximum atomic E-state index is 12.5. The van der Waals surface area contributed by atoms with E-state index < -0.39 is 12.6 Å². The molecule has 4 rings (SSSR count). The van der Waals surface area contributed by atoms with Crippen LogP contribution in [-0.4, -0.2) is 50.9 Å². The number of aryl methyl sites for hydroxylation is 2. The number of aromatic amines is 1. The average Bonchev–Trinajstić information content (AvgIpc) is 3.21. The van der Waals surface area contributed by atoms with Crippen LogP contribution >= 0.6 is 23.2 Å². The Kier molecular flexibility index (Phi) is 7.73. The maximum absolute atomic E-state index is 12.5. The topological polar surface area (TPSA) is 81.8 Å². The van der Waals surface area contributed by atoms with Crippen LogP contribution in [0.3, 0.4) is 0 Å². The van der Waals surface area contributed by atoms with E-state index in [9.17, 15) is 13.2 Å². The van der Waals surface area contributed by atoms with Crippen molar-refractivity contribution >= 4 is 46.5 Å². The van der Waals surface area contributed by atoms with E-state index in [0.29, 0.717) is 40.7 Å². The summed E-state index contributed by atoms with van der Waals surface area (Å²) in [7, 11) is 0. The molecular formula is C23H26Cl2F3N7. The van der Waals surface area contributed by atoms with Gasteiger partial charge in [-0.3, -0.25) is 5.10 Å². The number of anilines is 4. The van der Waals surface area contributed by atoms with Crippen LogP contribution in [0.1, 0.15) is 42.0 Å². The standard InChI is InChI=1S/C23H26Cl2F3N7/c1-13-9-16(15-3-6-35(7-4-15)8-5-23(26,27)28)17(24)11-19(13)30-22-29-12-18(25)21(32-22)31-20-10-14(2)33-34-20/h9-12,15H,3-8H2,1-2H3,(H3,29,30,31,32,33,34). The Morgan fingerprint density at radius 3 is 2.49 bits per heavy atom. The lowest BCUT2D eigenvalue weighted by Gasteiger charge is -2.33. The van der Waals surface area contributed by atoms with E-state index in [4.69, 9.17) is 23.2 Å². The van der Waals surface area contributed by atoms with Crippen molar-refractivity contribution in [2.24, 2.45) is 0 Å². The molecule has 3 heterocycles. The first-order chi connectivity index (χ1) is 16.6. The largest absolute Gasteiger partial charge is 0.390 e. The number of piperidine rings is 1. The average molecular weight is 528 g/mol. The van der Waals surface area contributed by atoms with E-state index in [-0.39, 0.29) is 12.5 Å². The van der Waals surface area contributed by atoms with Gasteiger partial charge in [-0.05, 0) is 62.9 Å².